The molecule has 0 saturated heterocycles. The Bertz CT molecular complexity index is 668. The van der Waals surface area contributed by atoms with Crippen molar-refractivity contribution in [2.24, 2.45) is 0 Å². The molecule has 0 spiro atoms. The highest BCUT2D eigenvalue weighted by Crippen LogP contribution is 2.33. The van der Waals surface area contributed by atoms with Crippen LogP contribution < -0.4 is 10.6 Å². The Hall–Kier alpha value is -1.17. The van der Waals surface area contributed by atoms with E-state index in [0.29, 0.717) is 6.42 Å². The first-order valence-corrected chi connectivity index (χ1v) is 8.69. The molecular weight excluding hydrogens is 348 g/mol. The Morgan fingerprint density at radius 3 is 2.90 bits per heavy atom. The molecule has 3 nitrogen and oxygen atoms in total. The Morgan fingerprint density at radius 1 is 1.33 bits per heavy atom. The van der Waals surface area contributed by atoms with E-state index in [9.17, 15) is 4.79 Å². The van der Waals surface area contributed by atoms with Crippen LogP contribution in [0.25, 0.3) is 0 Å². The lowest BCUT2D eigenvalue weighted by Gasteiger charge is -2.21. The van der Waals surface area contributed by atoms with Crippen molar-refractivity contribution in [3.63, 3.8) is 0 Å². The number of halogens is 1. The van der Waals surface area contributed by atoms with Gasteiger partial charge in [-0.3, -0.25) is 4.79 Å². The van der Waals surface area contributed by atoms with Crippen LogP contribution in [0.5, 0.6) is 0 Å². The minimum absolute atomic E-state index is 0.112. The van der Waals surface area contributed by atoms with Gasteiger partial charge in [0.05, 0.1) is 9.83 Å². The van der Waals surface area contributed by atoms with E-state index >= 15 is 0 Å². The third-order valence-corrected chi connectivity index (χ3v) is 5.33. The van der Waals surface area contributed by atoms with E-state index in [0.717, 1.165) is 22.4 Å². The molecule has 1 atom stereocenters. The van der Waals surface area contributed by atoms with E-state index in [2.05, 4.69) is 57.8 Å². The maximum atomic E-state index is 11.4. The smallest absolute Gasteiger partial charge is 0.224 e. The van der Waals surface area contributed by atoms with Gasteiger partial charge in [-0.15, -0.1) is 11.3 Å². The van der Waals surface area contributed by atoms with Gasteiger partial charge in [-0.2, -0.15) is 0 Å². The molecule has 1 aromatic carbocycles. The average Bonchev–Trinajstić information content (AvgIpc) is 2.90. The van der Waals surface area contributed by atoms with Crippen LogP contribution in [-0.2, 0) is 11.2 Å². The average molecular weight is 365 g/mol. The molecule has 1 amide bonds. The molecule has 1 aliphatic rings. The molecule has 5 heteroatoms. The molecule has 0 radical (unpaired) electrons. The lowest BCUT2D eigenvalue weighted by molar-refractivity contribution is -0.116. The zero-order valence-electron chi connectivity index (χ0n) is 11.8. The summed E-state index contributed by atoms with van der Waals surface area (Å²) in [5.74, 6) is 0.112. The van der Waals surface area contributed by atoms with E-state index in [4.69, 9.17) is 0 Å². The topological polar surface area (TPSA) is 41.1 Å². The minimum atomic E-state index is 0.112. The number of benzene rings is 1. The van der Waals surface area contributed by atoms with E-state index in [-0.39, 0.29) is 11.9 Å². The van der Waals surface area contributed by atoms with Crippen LogP contribution in [0.1, 0.15) is 35.4 Å². The Labute approximate surface area is 136 Å². The molecule has 3 rings (SSSR count). The minimum Gasteiger partial charge on any atom is -0.326 e. The Morgan fingerprint density at radius 2 is 2.19 bits per heavy atom. The van der Waals surface area contributed by atoms with Crippen molar-refractivity contribution < 1.29 is 4.79 Å². The van der Waals surface area contributed by atoms with E-state index < -0.39 is 0 Å². The molecule has 1 unspecified atom stereocenters. The number of nitrogens with one attached hydrogen (secondary N) is 2. The summed E-state index contributed by atoms with van der Waals surface area (Å²) in [6.07, 6.45) is 1.40. The first-order chi connectivity index (χ1) is 10.2. The fourth-order valence-corrected chi connectivity index (χ4v) is 4.18. The van der Waals surface area contributed by atoms with Crippen LogP contribution in [0.15, 0.2) is 34.1 Å². The Kier molecular flexibility index (Phi) is 4.42. The third kappa shape index (κ3) is 3.20. The van der Waals surface area contributed by atoms with Gasteiger partial charge in [0, 0.05) is 17.0 Å². The monoisotopic (exact) mass is 364 g/mol. The molecule has 0 aliphatic carbocycles. The largest absolute Gasteiger partial charge is 0.326 e. The van der Waals surface area contributed by atoms with E-state index in [1.165, 1.54) is 16.0 Å². The molecule has 1 aromatic heterocycles. The van der Waals surface area contributed by atoms with Gasteiger partial charge >= 0.3 is 0 Å². The summed E-state index contributed by atoms with van der Waals surface area (Å²) >= 11 is 5.29. The van der Waals surface area contributed by atoms with Crippen molar-refractivity contribution in [2.45, 2.75) is 25.8 Å². The van der Waals surface area contributed by atoms with Crippen molar-refractivity contribution in [1.82, 2.24) is 5.32 Å². The van der Waals surface area contributed by atoms with Crippen LogP contribution in [-0.4, -0.2) is 12.5 Å². The van der Waals surface area contributed by atoms with Gasteiger partial charge in [0.2, 0.25) is 5.91 Å². The second kappa shape index (κ2) is 6.30. The molecule has 0 bridgehead atoms. The van der Waals surface area contributed by atoms with Crippen molar-refractivity contribution in [3.05, 3.63) is 50.1 Å². The summed E-state index contributed by atoms with van der Waals surface area (Å²) in [5.41, 5.74) is 3.43. The highest BCUT2D eigenvalue weighted by atomic mass is 79.9. The number of hydrogen-bond acceptors (Lipinski definition) is 3. The zero-order chi connectivity index (χ0) is 14.8. The molecule has 110 valence electrons. The molecule has 2 heterocycles. The van der Waals surface area contributed by atoms with Gasteiger partial charge in [-0.25, -0.2) is 0 Å². The molecule has 21 heavy (non-hydrogen) atoms. The number of aryl methyl sites for hydroxylation is 1. The molecule has 0 saturated carbocycles. The Balaban J connectivity index is 1.94. The summed E-state index contributed by atoms with van der Waals surface area (Å²) in [7, 11) is 0. The highest BCUT2D eigenvalue weighted by Gasteiger charge is 2.19. The summed E-state index contributed by atoms with van der Waals surface area (Å²) in [5, 5.41) is 6.48. The number of anilines is 1. The van der Waals surface area contributed by atoms with Crippen LogP contribution >= 0.6 is 27.3 Å². The highest BCUT2D eigenvalue weighted by molar-refractivity contribution is 9.11. The summed E-state index contributed by atoms with van der Waals surface area (Å²) in [4.78, 5) is 12.7. The fourth-order valence-electron chi connectivity index (χ4n) is 2.65. The molecule has 2 N–H and O–H groups in total. The van der Waals surface area contributed by atoms with Crippen molar-refractivity contribution >= 4 is 38.9 Å². The fraction of sp³-hybridized carbons (Fsp3) is 0.312. The van der Waals surface area contributed by atoms with Gasteiger partial charge in [0.1, 0.15) is 0 Å². The summed E-state index contributed by atoms with van der Waals surface area (Å²) in [6.45, 7) is 3.03. The van der Waals surface area contributed by atoms with Crippen LogP contribution in [0, 0.1) is 0 Å². The second-order valence-electron chi connectivity index (χ2n) is 5.10. The van der Waals surface area contributed by atoms with E-state index in [1.807, 2.05) is 6.07 Å². The van der Waals surface area contributed by atoms with Crippen LogP contribution in [0.3, 0.4) is 0 Å². The van der Waals surface area contributed by atoms with Crippen molar-refractivity contribution in [1.29, 1.82) is 0 Å². The van der Waals surface area contributed by atoms with Gasteiger partial charge in [0.25, 0.3) is 0 Å². The second-order valence-corrected chi connectivity index (χ2v) is 7.59. The first kappa shape index (κ1) is 14.8. The lowest BCUT2D eigenvalue weighted by atomic mass is 9.96. The number of amides is 1. The van der Waals surface area contributed by atoms with Crippen molar-refractivity contribution in [2.75, 3.05) is 11.9 Å². The number of hydrogen-bond donors (Lipinski definition) is 2. The standard InChI is InChI=1S/C16H17BrN2OS/c1-2-18-16(13-6-7-14(17)21-13)11-3-5-12-10(9-11)4-8-15(20)19-12/h3,5-7,9,16,18H,2,4,8H2,1H3,(H,19,20). The molecule has 1 aliphatic heterocycles. The maximum Gasteiger partial charge on any atom is 0.224 e. The van der Waals surface area contributed by atoms with E-state index in [1.54, 1.807) is 11.3 Å². The lowest BCUT2D eigenvalue weighted by Crippen LogP contribution is -2.23. The van der Waals surface area contributed by atoms with Crippen LogP contribution in [0.2, 0.25) is 0 Å². The zero-order valence-corrected chi connectivity index (χ0v) is 14.2. The maximum absolute atomic E-state index is 11.4. The molecule has 2 aromatic rings. The van der Waals surface area contributed by atoms with Crippen LogP contribution in [0.4, 0.5) is 5.69 Å². The van der Waals surface area contributed by atoms with Gasteiger partial charge in [-0.05, 0) is 58.2 Å². The summed E-state index contributed by atoms with van der Waals surface area (Å²) in [6, 6.07) is 10.8. The van der Waals surface area contributed by atoms with Gasteiger partial charge in [-0.1, -0.05) is 19.1 Å². The number of carbonyl (C=O) groups excluding carboxylic acids is 1. The number of rotatable bonds is 4. The molecule has 0 fully saturated rings. The van der Waals surface area contributed by atoms with Gasteiger partial charge in [0.15, 0.2) is 0 Å². The third-order valence-electron chi connectivity index (χ3n) is 3.64. The van der Waals surface area contributed by atoms with Crippen molar-refractivity contribution in [3.8, 4) is 0 Å². The molecular formula is C16H17BrN2OS. The number of fused-ring (bicyclic) bond motifs is 1. The SMILES string of the molecule is CCNC(c1ccc2c(c1)CCC(=O)N2)c1ccc(Br)s1. The predicted octanol–water partition coefficient (Wildman–Crippen LogP) is 4.09. The quantitative estimate of drug-likeness (QED) is 0.857. The normalized spacial score (nSPS) is 15.4. The van der Waals surface area contributed by atoms with Gasteiger partial charge < -0.3 is 10.6 Å². The number of thiophene rings is 1. The first-order valence-electron chi connectivity index (χ1n) is 7.08. The predicted molar refractivity (Wildman–Crippen MR) is 90.9 cm³/mol. The number of carbonyl (C=O) groups is 1. The summed E-state index contributed by atoms with van der Waals surface area (Å²) < 4.78 is 1.14.